The monoisotopic (exact) mass is 431 g/mol. The van der Waals surface area contributed by atoms with Crippen molar-refractivity contribution in [2.45, 2.75) is 45.2 Å². The van der Waals surface area contributed by atoms with Crippen LogP contribution in [0, 0.1) is 11.6 Å². The summed E-state index contributed by atoms with van der Waals surface area (Å²) in [6.07, 6.45) is 2.78. The van der Waals surface area contributed by atoms with Gasteiger partial charge in [-0.1, -0.05) is 19.4 Å². The molecule has 0 saturated heterocycles. The fourth-order valence-electron chi connectivity index (χ4n) is 4.38. The fraction of sp³-hybridized carbons (Fsp3) is 0.409. The topological polar surface area (TPSA) is 91.6 Å². The summed E-state index contributed by atoms with van der Waals surface area (Å²) in [5, 5.41) is 13.0. The van der Waals surface area contributed by atoms with Gasteiger partial charge in [0.1, 0.15) is 17.2 Å². The number of halogens is 2. The molecule has 0 radical (unpaired) electrons. The number of hydrogen-bond donors (Lipinski definition) is 2. The highest BCUT2D eigenvalue weighted by Gasteiger charge is 2.41. The number of aromatic nitrogens is 1. The fourth-order valence-corrected chi connectivity index (χ4v) is 4.38. The Kier molecular flexibility index (Phi) is 5.51. The van der Waals surface area contributed by atoms with Gasteiger partial charge in [0.05, 0.1) is 6.04 Å². The molecular weight excluding hydrogens is 408 g/mol. The van der Waals surface area contributed by atoms with Gasteiger partial charge in [-0.3, -0.25) is 14.4 Å². The van der Waals surface area contributed by atoms with Gasteiger partial charge < -0.3 is 19.9 Å². The third kappa shape index (κ3) is 3.58. The number of nitrogens with one attached hydrogen (secondary N) is 1. The number of amides is 2. The van der Waals surface area contributed by atoms with Crippen molar-refractivity contribution >= 4 is 11.8 Å². The van der Waals surface area contributed by atoms with Crippen LogP contribution in [0.4, 0.5) is 8.78 Å². The van der Waals surface area contributed by atoms with E-state index in [0.717, 1.165) is 18.9 Å². The first-order chi connectivity index (χ1) is 14.8. The van der Waals surface area contributed by atoms with Gasteiger partial charge in [0.2, 0.25) is 5.43 Å². The van der Waals surface area contributed by atoms with Gasteiger partial charge in [0.25, 0.3) is 11.8 Å². The average Bonchev–Trinajstić information content (AvgIpc) is 3.14. The van der Waals surface area contributed by atoms with Crippen molar-refractivity contribution in [3.05, 3.63) is 62.6 Å². The second-order valence-electron chi connectivity index (χ2n) is 7.93. The van der Waals surface area contributed by atoms with Crippen molar-refractivity contribution < 1.29 is 23.5 Å². The minimum atomic E-state index is -0.912. The summed E-state index contributed by atoms with van der Waals surface area (Å²) in [7, 11) is 0. The Labute approximate surface area is 177 Å². The second kappa shape index (κ2) is 8.13. The van der Waals surface area contributed by atoms with Crippen LogP contribution in [0.2, 0.25) is 0 Å². The molecule has 0 aliphatic carbocycles. The molecule has 31 heavy (non-hydrogen) atoms. The molecule has 7 nitrogen and oxygen atoms in total. The average molecular weight is 431 g/mol. The van der Waals surface area contributed by atoms with Gasteiger partial charge in [0, 0.05) is 37.0 Å². The van der Waals surface area contributed by atoms with Crippen molar-refractivity contribution in [2.75, 3.05) is 13.1 Å². The van der Waals surface area contributed by atoms with Gasteiger partial charge in [-0.05, 0) is 25.3 Å². The van der Waals surface area contributed by atoms with Crippen LogP contribution in [0.15, 0.2) is 23.0 Å². The highest BCUT2D eigenvalue weighted by Crippen LogP contribution is 2.36. The zero-order valence-corrected chi connectivity index (χ0v) is 17.1. The predicted molar refractivity (Wildman–Crippen MR) is 108 cm³/mol. The minimum Gasteiger partial charge on any atom is -0.503 e. The van der Waals surface area contributed by atoms with E-state index in [1.54, 1.807) is 9.47 Å². The van der Waals surface area contributed by atoms with E-state index in [4.69, 9.17) is 0 Å². The van der Waals surface area contributed by atoms with E-state index in [1.165, 1.54) is 6.07 Å². The second-order valence-corrected chi connectivity index (χ2v) is 7.93. The Hall–Kier alpha value is -3.23. The Morgan fingerprint density at radius 3 is 2.77 bits per heavy atom. The third-order valence-corrected chi connectivity index (χ3v) is 5.95. The summed E-state index contributed by atoms with van der Waals surface area (Å²) in [6.45, 7) is 2.77. The summed E-state index contributed by atoms with van der Waals surface area (Å²) in [4.78, 5) is 40.2. The van der Waals surface area contributed by atoms with Gasteiger partial charge in [-0.15, -0.1) is 0 Å². The molecule has 1 atom stereocenters. The number of aromatic hydroxyl groups is 1. The number of carbonyl (C=O) groups is 2. The smallest absolute Gasteiger partial charge is 0.274 e. The van der Waals surface area contributed by atoms with Crippen LogP contribution in [-0.4, -0.2) is 39.5 Å². The molecule has 4 rings (SSSR count). The maximum absolute atomic E-state index is 13.9. The van der Waals surface area contributed by atoms with Gasteiger partial charge in [-0.2, -0.15) is 0 Å². The molecule has 2 N–H and O–H groups in total. The van der Waals surface area contributed by atoms with Crippen LogP contribution in [0.1, 0.15) is 64.3 Å². The first-order valence-electron chi connectivity index (χ1n) is 10.3. The lowest BCUT2D eigenvalue weighted by molar-refractivity contribution is 0.0662. The maximum atomic E-state index is 13.9. The quantitative estimate of drug-likeness (QED) is 0.735. The number of unbranched alkanes of at least 4 members (excludes halogenated alkanes) is 1. The molecule has 2 aliphatic heterocycles. The van der Waals surface area contributed by atoms with Gasteiger partial charge in [0.15, 0.2) is 11.4 Å². The van der Waals surface area contributed by atoms with Crippen LogP contribution in [0.25, 0.3) is 0 Å². The molecule has 2 aromatic rings. The molecule has 164 valence electrons. The van der Waals surface area contributed by atoms with Crippen molar-refractivity contribution in [1.82, 2.24) is 14.8 Å². The molecular formula is C22H23F2N3O4. The molecule has 2 aliphatic rings. The van der Waals surface area contributed by atoms with Gasteiger partial charge >= 0.3 is 0 Å². The summed E-state index contributed by atoms with van der Waals surface area (Å²) in [6, 6.07) is 2.87. The van der Waals surface area contributed by atoms with Crippen molar-refractivity contribution in [1.29, 1.82) is 0 Å². The first-order valence-corrected chi connectivity index (χ1v) is 10.3. The Morgan fingerprint density at radius 1 is 1.29 bits per heavy atom. The molecule has 1 aromatic carbocycles. The molecule has 9 heteroatoms. The van der Waals surface area contributed by atoms with Crippen molar-refractivity contribution in [3.63, 3.8) is 0 Å². The number of benzene rings is 1. The highest BCUT2D eigenvalue weighted by molar-refractivity contribution is 6.00. The first kappa shape index (κ1) is 21.0. The zero-order chi connectivity index (χ0) is 22.3. The third-order valence-electron chi connectivity index (χ3n) is 5.95. The van der Waals surface area contributed by atoms with Gasteiger partial charge in [-0.25, -0.2) is 8.78 Å². The molecule has 0 fully saturated rings. The van der Waals surface area contributed by atoms with Crippen LogP contribution >= 0.6 is 0 Å². The highest BCUT2D eigenvalue weighted by atomic mass is 19.1. The maximum Gasteiger partial charge on any atom is 0.274 e. The van der Waals surface area contributed by atoms with E-state index in [1.807, 2.05) is 6.92 Å². The van der Waals surface area contributed by atoms with E-state index < -0.39 is 34.6 Å². The van der Waals surface area contributed by atoms with Crippen molar-refractivity contribution in [2.24, 2.45) is 0 Å². The van der Waals surface area contributed by atoms with E-state index in [9.17, 15) is 28.3 Å². The van der Waals surface area contributed by atoms with E-state index in [2.05, 4.69) is 5.32 Å². The molecule has 1 aromatic heterocycles. The number of pyridine rings is 1. The minimum absolute atomic E-state index is 0.0630. The normalized spacial score (nSPS) is 17.1. The van der Waals surface area contributed by atoms with E-state index in [0.29, 0.717) is 37.7 Å². The summed E-state index contributed by atoms with van der Waals surface area (Å²) in [5.41, 5.74) is -0.742. The molecule has 3 heterocycles. The SMILES string of the molecule is CCCCN1CC2CCc3c(C(=O)NCc4ccc(F)cc4F)c(=O)c(O)c(n32)C1=O. The van der Waals surface area contributed by atoms with Crippen LogP contribution in [0.5, 0.6) is 5.75 Å². The standard InChI is InChI=1S/C22H23F2N3O4/c1-2-3-8-26-11-14-6-7-16-17(19(28)20(29)18(22(26)31)27(14)16)21(30)25-10-12-4-5-13(23)9-15(12)24/h4-5,9,14,29H,2-3,6-8,10-11H2,1H3,(H,25,30). The number of rotatable bonds is 6. The number of nitrogens with zero attached hydrogens (tertiary/aromatic N) is 2. The Bertz CT molecular complexity index is 1130. The van der Waals surface area contributed by atoms with E-state index >= 15 is 0 Å². The summed E-state index contributed by atoms with van der Waals surface area (Å²) >= 11 is 0. The largest absolute Gasteiger partial charge is 0.503 e. The molecule has 0 bridgehead atoms. The molecule has 0 spiro atoms. The molecule has 1 unspecified atom stereocenters. The van der Waals surface area contributed by atoms with Crippen molar-refractivity contribution in [3.8, 4) is 5.75 Å². The number of hydrogen-bond acceptors (Lipinski definition) is 4. The van der Waals surface area contributed by atoms with Crippen LogP contribution < -0.4 is 10.7 Å². The lowest BCUT2D eigenvalue weighted by atomic mass is 10.1. The molecule has 2 amide bonds. The predicted octanol–water partition coefficient (Wildman–Crippen LogP) is 2.51. The summed E-state index contributed by atoms with van der Waals surface area (Å²) < 4.78 is 28.5. The van der Waals surface area contributed by atoms with Crippen LogP contribution in [0.3, 0.4) is 0 Å². The van der Waals surface area contributed by atoms with Crippen LogP contribution in [-0.2, 0) is 13.0 Å². The zero-order valence-electron chi connectivity index (χ0n) is 17.1. The number of carbonyl (C=O) groups excluding carboxylic acids is 2. The summed E-state index contributed by atoms with van der Waals surface area (Å²) in [5.74, 6) is -3.46. The molecule has 0 saturated carbocycles. The lowest BCUT2D eigenvalue weighted by Crippen LogP contribution is -2.45. The Balaban J connectivity index is 1.67. The van der Waals surface area contributed by atoms with E-state index in [-0.39, 0.29) is 29.4 Å². The lowest BCUT2D eigenvalue weighted by Gasteiger charge is -2.34. The Morgan fingerprint density at radius 2 is 2.06 bits per heavy atom.